The van der Waals surface area contributed by atoms with Gasteiger partial charge in [-0.3, -0.25) is 14.9 Å². The first-order chi connectivity index (χ1) is 15.8. The quantitative estimate of drug-likeness (QED) is 0.427. The summed E-state index contributed by atoms with van der Waals surface area (Å²) in [7, 11) is 0. The maximum Gasteiger partial charge on any atom is 0.269 e. The maximum absolute atomic E-state index is 13.3. The minimum Gasteiger partial charge on any atom is -0.439 e. The van der Waals surface area contributed by atoms with Crippen LogP contribution in [0.1, 0.15) is 22.8 Å². The summed E-state index contributed by atoms with van der Waals surface area (Å²) in [5.74, 6) is 1.00. The summed E-state index contributed by atoms with van der Waals surface area (Å²) in [6, 6.07) is 11.5. The number of hydrogen-bond acceptors (Lipinski definition) is 7. The molecule has 0 bridgehead atoms. The first-order valence-corrected chi connectivity index (χ1v) is 10.4. The van der Waals surface area contributed by atoms with Gasteiger partial charge in [-0.15, -0.1) is 0 Å². The average molecular weight is 451 g/mol. The minimum absolute atomic E-state index is 0.0537. The van der Waals surface area contributed by atoms with Gasteiger partial charge in [0, 0.05) is 49.4 Å². The van der Waals surface area contributed by atoms with Gasteiger partial charge in [-0.2, -0.15) is 0 Å². The van der Waals surface area contributed by atoms with E-state index in [9.17, 15) is 19.3 Å². The Labute approximate surface area is 189 Å². The summed E-state index contributed by atoms with van der Waals surface area (Å²) in [6.45, 7) is 5.26. The lowest BCUT2D eigenvalue weighted by molar-refractivity contribution is -0.384. The summed E-state index contributed by atoms with van der Waals surface area (Å²) in [6.07, 6.45) is 1.41. The molecule has 0 saturated carbocycles. The number of nitro groups is 1. The zero-order chi connectivity index (χ0) is 23.5. The monoisotopic (exact) mass is 451 g/mol. The van der Waals surface area contributed by atoms with Gasteiger partial charge in [-0.25, -0.2) is 14.4 Å². The Bertz CT molecular complexity index is 1190. The Hall–Kier alpha value is -4.08. The molecule has 0 radical (unpaired) electrons. The molecule has 1 aliphatic rings. The van der Waals surface area contributed by atoms with Gasteiger partial charge < -0.3 is 14.5 Å². The first kappa shape index (κ1) is 22.1. The Morgan fingerprint density at radius 2 is 1.91 bits per heavy atom. The third kappa shape index (κ3) is 4.89. The Balaban J connectivity index is 1.43. The molecule has 1 unspecified atom stereocenters. The summed E-state index contributed by atoms with van der Waals surface area (Å²) >= 11 is 0. The van der Waals surface area contributed by atoms with E-state index >= 15 is 0 Å². The van der Waals surface area contributed by atoms with Crippen LogP contribution in [0, 0.1) is 22.9 Å². The number of hydrogen-bond donors (Lipinski definition) is 0. The van der Waals surface area contributed by atoms with Crippen LogP contribution in [0.2, 0.25) is 0 Å². The van der Waals surface area contributed by atoms with Crippen molar-refractivity contribution in [2.45, 2.75) is 19.9 Å². The number of piperazine rings is 1. The number of nitro benzene ring substituents is 1. The third-order valence-corrected chi connectivity index (χ3v) is 5.52. The molecule has 1 amide bonds. The SMILES string of the molecule is Cc1cc(F)ccc1Oc1cc(N2CCN(C(=O)c3ccc([N+](=O)[O-])cc3)C(C)C2)ncn1. The van der Waals surface area contributed by atoms with Crippen molar-refractivity contribution in [3.8, 4) is 11.6 Å². The van der Waals surface area contributed by atoms with E-state index in [2.05, 4.69) is 9.97 Å². The number of nitrogens with zero attached hydrogens (tertiary/aromatic N) is 5. The Kier molecular flexibility index (Phi) is 6.16. The maximum atomic E-state index is 13.3. The van der Waals surface area contributed by atoms with E-state index in [1.165, 1.54) is 42.7 Å². The number of amides is 1. The van der Waals surface area contributed by atoms with Crippen LogP contribution in [0.15, 0.2) is 54.9 Å². The van der Waals surface area contributed by atoms with Crippen LogP contribution < -0.4 is 9.64 Å². The fourth-order valence-corrected chi connectivity index (χ4v) is 3.76. The molecule has 0 N–H and O–H groups in total. The van der Waals surface area contributed by atoms with Gasteiger partial charge in [0.05, 0.1) is 4.92 Å². The molecular formula is C23H22FN5O4. The molecule has 4 rings (SSSR count). The van der Waals surface area contributed by atoms with Crippen molar-refractivity contribution in [2.75, 3.05) is 24.5 Å². The number of carbonyl (C=O) groups excluding carboxylic acids is 1. The second-order valence-corrected chi connectivity index (χ2v) is 7.82. The van der Waals surface area contributed by atoms with Crippen molar-refractivity contribution in [3.63, 3.8) is 0 Å². The predicted molar refractivity (Wildman–Crippen MR) is 119 cm³/mol. The Morgan fingerprint density at radius 1 is 1.15 bits per heavy atom. The van der Waals surface area contributed by atoms with Gasteiger partial charge in [0.1, 0.15) is 23.7 Å². The number of aromatic nitrogens is 2. The second kappa shape index (κ2) is 9.19. The highest BCUT2D eigenvalue weighted by atomic mass is 19.1. The van der Waals surface area contributed by atoms with Crippen LogP contribution in [0.25, 0.3) is 0 Å². The molecule has 0 spiro atoms. The fourth-order valence-electron chi connectivity index (χ4n) is 3.76. The number of anilines is 1. The molecule has 1 atom stereocenters. The molecule has 0 aliphatic carbocycles. The van der Waals surface area contributed by atoms with Crippen LogP contribution in [0.4, 0.5) is 15.9 Å². The summed E-state index contributed by atoms with van der Waals surface area (Å²) < 4.78 is 19.1. The number of halogens is 1. The lowest BCUT2D eigenvalue weighted by Gasteiger charge is -2.40. The normalized spacial score (nSPS) is 15.9. The van der Waals surface area contributed by atoms with Crippen LogP contribution in [-0.4, -0.2) is 51.4 Å². The molecule has 2 heterocycles. The first-order valence-electron chi connectivity index (χ1n) is 10.4. The molecule has 1 saturated heterocycles. The number of rotatable bonds is 5. The fraction of sp³-hybridized carbons (Fsp3) is 0.261. The van der Waals surface area contributed by atoms with Crippen molar-refractivity contribution in [2.24, 2.45) is 0 Å². The molecule has 3 aromatic rings. The zero-order valence-electron chi connectivity index (χ0n) is 18.1. The van der Waals surface area contributed by atoms with Gasteiger partial charge in [0.2, 0.25) is 5.88 Å². The number of aryl methyl sites for hydroxylation is 1. The van der Waals surface area contributed by atoms with Crippen LogP contribution >= 0.6 is 0 Å². The third-order valence-electron chi connectivity index (χ3n) is 5.52. The molecule has 1 aromatic heterocycles. The molecule has 170 valence electrons. The van der Waals surface area contributed by atoms with Gasteiger partial charge >= 0.3 is 0 Å². The number of carbonyl (C=O) groups is 1. The largest absolute Gasteiger partial charge is 0.439 e. The number of benzene rings is 2. The highest BCUT2D eigenvalue weighted by molar-refractivity contribution is 5.94. The molecule has 9 nitrogen and oxygen atoms in total. The number of ether oxygens (including phenoxy) is 1. The summed E-state index contributed by atoms with van der Waals surface area (Å²) in [5.41, 5.74) is 1.01. The summed E-state index contributed by atoms with van der Waals surface area (Å²) in [4.78, 5) is 35.5. The van der Waals surface area contributed by atoms with Gasteiger partial charge in [-0.05, 0) is 49.7 Å². The average Bonchev–Trinajstić information content (AvgIpc) is 2.80. The lowest BCUT2D eigenvalue weighted by atomic mass is 10.1. The highest BCUT2D eigenvalue weighted by Gasteiger charge is 2.29. The summed E-state index contributed by atoms with van der Waals surface area (Å²) in [5, 5.41) is 10.8. The van der Waals surface area contributed by atoms with Crippen molar-refractivity contribution < 1.29 is 18.8 Å². The van der Waals surface area contributed by atoms with E-state index in [0.717, 1.165) is 0 Å². The predicted octanol–water partition coefficient (Wildman–Crippen LogP) is 3.98. The van der Waals surface area contributed by atoms with E-state index in [4.69, 9.17) is 4.74 Å². The molecule has 1 fully saturated rings. The van der Waals surface area contributed by atoms with E-state index in [1.807, 2.05) is 11.8 Å². The highest BCUT2D eigenvalue weighted by Crippen LogP contribution is 2.27. The molecule has 33 heavy (non-hydrogen) atoms. The van der Waals surface area contributed by atoms with Crippen molar-refractivity contribution in [1.29, 1.82) is 0 Å². The molecule has 1 aliphatic heterocycles. The second-order valence-electron chi connectivity index (χ2n) is 7.82. The van der Waals surface area contributed by atoms with Crippen LogP contribution in [-0.2, 0) is 0 Å². The lowest BCUT2D eigenvalue weighted by Crippen LogP contribution is -2.54. The van der Waals surface area contributed by atoms with E-state index in [-0.39, 0.29) is 23.5 Å². The van der Waals surface area contributed by atoms with Crippen LogP contribution in [0.3, 0.4) is 0 Å². The minimum atomic E-state index is -0.493. The molecule has 2 aromatic carbocycles. The van der Waals surface area contributed by atoms with Crippen molar-refractivity contribution in [1.82, 2.24) is 14.9 Å². The zero-order valence-corrected chi connectivity index (χ0v) is 18.1. The molecule has 10 heteroatoms. The van der Waals surface area contributed by atoms with E-state index in [1.54, 1.807) is 24.0 Å². The van der Waals surface area contributed by atoms with Gasteiger partial charge in [0.15, 0.2) is 0 Å². The standard InChI is InChI=1S/C23H22FN5O4/c1-15-11-18(24)5-8-20(15)33-22-12-21(25-14-26-22)27-9-10-28(16(2)13-27)23(30)17-3-6-19(7-4-17)29(31)32/h3-8,11-12,14,16H,9-10,13H2,1-2H3. The Morgan fingerprint density at radius 3 is 2.58 bits per heavy atom. The van der Waals surface area contributed by atoms with Crippen molar-refractivity contribution >= 4 is 17.4 Å². The van der Waals surface area contributed by atoms with E-state index < -0.39 is 4.92 Å². The smallest absolute Gasteiger partial charge is 0.269 e. The topological polar surface area (TPSA) is 102 Å². The van der Waals surface area contributed by atoms with Gasteiger partial charge in [0.25, 0.3) is 11.6 Å². The van der Waals surface area contributed by atoms with Crippen molar-refractivity contribution in [3.05, 3.63) is 81.9 Å². The van der Waals surface area contributed by atoms with Gasteiger partial charge in [-0.1, -0.05) is 0 Å². The molecular weight excluding hydrogens is 429 g/mol. The van der Waals surface area contributed by atoms with E-state index in [0.29, 0.717) is 48.2 Å². The number of non-ortho nitro benzene ring substituents is 1. The van der Waals surface area contributed by atoms with Crippen LogP contribution in [0.5, 0.6) is 11.6 Å².